The minimum atomic E-state index is -3.91. The predicted octanol–water partition coefficient (Wildman–Crippen LogP) is 2.34. The van der Waals surface area contributed by atoms with E-state index in [0.29, 0.717) is 43.9 Å². The molecule has 180 valence electrons. The second kappa shape index (κ2) is 8.89. The van der Waals surface area contributed by atoms with E-state index >= 15 is 0 Å². The highest BCUT2D eigenvalue weighted by molar-refractivity contribution is 7.90. The number of carbonyl (C=O) groups excluding carboxylic acids is 1. The van der Waals surface area contributed by atoms with Crippen molar-refractivity contribution in [3.8, 4) is 11.8 Å². The number of nitrogens with two attached hydrogens (primary N) is 2. The standard InChI is InChI=1S/C26H26N4O4S/c27-17-20-7-10-23-22(16-20)26(18-30(23)35(28,32)33)12-14-29(15-13-26)25(31)24-11-9-21(34-24)8-6-19-4-2-1-3-5-19/h1-5,7,9-11,16H,12-15,17-18,27H2,(H2,28,32,33). The summed E-state index contributed by atoms with van der Waals surface area (Å²) in [6, 6.07) is 18.5. The Morgan fingerprint density at radius 1 is 1.03 bits per heavy atom. The van der Waals surface area contributed by atoms with E-state index in [-0.39, 0.29) is 18.2 Å². The molecule has 1 fully saturated rings. The number of amides is 1. The maximum absolute atomic E-state index is 13.1. The van der Waals surface area contributed by atoms with Gasteiger partial charge in [0, 0.05) is 37.2 Å². The third-order valence-corrected chi connectivity index (χ3v) is 7.76. The molecule has 1 aromatic heterocycles. The first-order valence-electron chi connectivity index (χ1n) is 11.4. The summed E-state index contributed by atoms with van der Waals surface area (Å²) in [6.45, 7) is 1.55. The van der Waals surface area contributed by atoms with Crippen LogP contribution in [-0.2, 0) is 22.2 Å². The molecule has 1 saturated heterocycles. The van der Waals surface area contributed by atoms with Crippen LogP contribution >= 0.6 is 0 Å². The fraction of sp³-hybridized carbons (Fsp3) is 0.269. The first-order valence-corrected chi connectivity index (χ1v) is 12.9. The van der Waals surface area contributed by atoms with Crippen LogP contribution in [0.2, 0.25) is 0 Å². The first-order chi connectivity index (χ1) is 16.8. The molecule has 4 N–H and O–H groups in total. The van der Waals surface area contributed by atoms with Crippen molar-refractivity contribution in [2.45, 2.75) is 24.8 Å². The molecule has 5 rings (SSSR count). The van der Waals surface area contributed by atoms with Gasteiger partial charge in [-0.25, -0.2) is 5.14 Å². The van der Waals surface area contributed by atoms with E-state index in [1.165, 1.54) is 4.31 Å². The zero-order valence-electron chi connectivity index (χ0n) is 19.1. The molecule has 0 radical (unpaired) electrons. The summed E-state index contributed by atoms with van der Waals surface area (Å²) in [5.41, 5.74) is 8.73. The molecule has 2 aromatic carbocycles. The van der Waals surface area contributed by atoms with Crippen LogP contribution in [0.5, 0.6) is 0 Å². The predicted molar refractivity (Wildman–Crippen MR) is 133 cm³/mol. The Hall–Kier alpha value is -3.58. The second-order valence-electron chi connectivity index (χ2n) is 8.96. The van der Waals surface area contributed by atoms with E-state index in [4.69, 9.17) is 15.3 Å². The molecule has 0 aliphatic carbocycles. The molecule has 2 aliphatic rings. The molecule has 0 atom stereocenters. The van der Waals surface area contributed by atoms with Crippen LogP contribution in [0.4, 0.5) is 5.69 Å². The van der Waals surface area contributed by atoms with E-state index < -0.39 is 15.6 Å². The number of furan rings is 1. The van der Waals surface area contributed by atoms with Gasteiger partial charge in [0.25, 0.3) is 16.1 Å². The third kappa shape index (κ3) is 4.44. The Morgan fingerprint density at radius 3 is 2.46 bits per heavy atom. The van der Waals surface area contributed by atoms with E-state index in [9.17, 15) is 13.2 Å². The van der Waals surface area contributed by atoms with Crippen LogP contribution in [0.25, 0.3) is 0 Å². The highest BCUT2D eigenvalue weighted by atomic mass is 32.2. The van der Waals surface area contributed by atoms with Crippen molar-refractivity contribution in [3.05, 3.63) is 88.9 Å². The van der Waals surface area contributed by atoms with Gasteiger partial charge in [0.1, 0.15) is 0 Å². The van der Waals surface area contributed by atoms with Gasteiger partial charge in [-0.05, 0) is 60.2 Å². The Bertz CT molecular complexity index is 1430. The first kappa shape index (κ1) is 23.2. The average Bonchev–Trinajstić information content (AvgIpc) is 3.46. The molecule has 0 saturated carbocycles. The van der Waals surface area contributed by atoms with Gasteiger partial charge in [0.15, 0.2) is 11.5 Å². The molecule has 1 amide bonds. The van der Waals surface area contributed by atoms with Gasteiger partial charge >= 0.3 is 0 Å². The van der Waals surface area contributed by atoms with Crippen LogP contribution in [0.15, 0.2) is 65.1 Å². The Kier molecular flexibility index (Phi) is 5.89. The summed E-state index contributed by atoms with van der Waals surface area (Å²) < 4.78 is 31.5. The molecular weight excluding hydrogens is 464 g/mol. The number of hydrogen-bond donors (Lipinski definition) is 2. The fourth-order valence-corrected chi connectivity index (χ4v) is 5.78. The summed E-state index contributed by atoms with van der Waals surface area (Å²) in [5, 5.41) is 5.52. The van der Waals surface area contributed by atoms with E-state index in [2.05, 4.69) is 11.8 Å². The quantitative estimate of drug-likeness (QED) is 0.546. The van der Waals surface area contributed by atoms with Crippen LogP contribution in [-0.4, -0.2) is 38.9 Å². The summed E-state index contributed by atoms with van der Waals surface area (Å²) >= 11 is 0. The Balaban J connectivity index is 1.32. The summed E-state index contributed by atoms with van der Waals surface area (Å²) in [5.74, 6) is 6.43. The van der Waals surface area contributed by atoms with Gasteiger partial charge in [0.2, 0.25) is 0 Å². The summed E-state index contributed by atoms with van der Waals surface area (Å²) in [4.78, 5) is 14.8. The average molecular weight is 491 g/mol. The van der Waals surface area contributed by atoms with E-state index in [1.807, 2.05) is 42.5 Å². The van der Waals surface area contributed by atoms with Crippen molar-refractivity contribution < 1.29 is 17.6 Å². The van der Waals surface area contributed by atoms with E-state index in [1.54, 1.807) is 23.1 Å². The van der Waals surface area contributed by atoms with Gasteiger partial charge in [-0.1, -0.05) is 36.3 Å². The van der Waals surface area contributed by atoms with Crippen molar-refractivity contribution in [2.75, 3.05) is 23.9 Å². The highest BCUT2D eigenvalue weighted by Crippen LogP contribution is 2.48. The maximum Gasteiger partial charge on any atom is 0.299 e. The number of benzene rings is 2. The van der Waals surface area contributed by atoms with Crippen LogP contribution in [0.3, 0.4) is 0 Å². The summed E-state index contributed by atoms with van der Waals surface area (Å²) in [6.07, 6.45) is 1.21. The van der Waals surface area contributed by atoms with Crippen molar-refractivity contribution in [2.24, 2.45) is 10.9 Å². The Morgan fingerprint density at radius 2 is 1.77 bits per heavy atom. The fourth-order valence-electron chi connectivity index (χ4n) is 4.92. The monoisotopic (exact) mass is 490 g/mol. The van der Waals surface area contributed by atoms with Crippen molar-refractivity contribution >= 4 is 21.8 Å². The molecule has 0 unspecified atom stereocenters. The van der Waals surface area contributed by atoms with Crippen molar-refractivity contribution in [3.63, 3.8) is 0 Å². The lowest BCUT2D eigenvalue weighted by Crippen LogP contribution is -2.48. The number of rotatable bonds is 3. The van der Waals surface area contributed by atoms with Crippen molar-refractivity contribution in [1.29, 1.82) is 0 Å². The number of carbonyl (C=O) groups is 1. The van der Waals surface area contributed by atoms with Crippen LogP contribution in [0, 0.1) is 11.8 Å². The van der Waals surface area contributed by atoms with Crippen LogP contribution < -0.4 is 15.2 Å². The van der Waals surface area contributed by atoms with E-state index in [0.717, 1.165) is 16.7 Å². The largest absolute Gasteiger partial charge is 0.443 e. The number of likely N-dealkylation sites (tertiary alicyclic amines) is 1. The molecular formula is C26H26N4O4S. The normalized spacial score (nSPS) is 16.6. The smallest absolute Gasteiger partial charge is 0.299 e. The number of hydrogen-bond acceptors (Lipinski definition) is 5. The van der Waals surface area contributed by atoms with Crippen molar-refractivity contribution in [1.82, 2.24) is 4.90 Å². The molecule has 3 heterocycles. The number of piperidine rings is 1. The SMILES string of the molecule is NCc1ccc2c(c1)C1(CCN(C(=O)c3ccc(C#Cc4ccccc4)o3)CC1)CN2S(N)(=O)=O. The van der Waals surface area contributed by atoms with Gasteiger partial charge in [-0.3, -0.25) is 9.10 Å². The topological polar surface area (TPSA) is 123 Å². The minimum absolute atomic E-state index is 0.204. The van der Waals surface area contributed by atoms with Gasteiger partial charge in [-0.2, -0.15) is 8.42 Å². The zero-order valence-corrected chi connectivity index (χ0v) is 19.9. The minimum Gasteiger partial charge on any atom is -0.443 e. The number of nitrogens with zero attached hydrogens (tertiary/aromatic N) is 2. The van der Waals surface area contributed by atoms with Gasteiger partial charge in [0.05, 0.1) is 5.69 Å². The highest BCUT2D eigenvalue weighted by Gasteiger charge is 2.48. The molecule has 1 spiro atoms. The zero-order chi connectivity index (χ0) is 24.6. The molecule has 0 bridgehead atoms. The van der Waals surface area contributed by atoms with Gasteiger partial charge < -0.3 is 15.1 Å². The second-order valence-corrected chi connectivity index (χ2v) is 10.4. The maximum atomic E-state index is 13.1. The molecule has 3 aromatic rings. The summed E-state index contributed by atoms with van der Waals surface area (Å²) in [7, 11) is -3.91. The Labute approximate surface area is 204 Å². The van der Waals surface area contributed by atoms with Crippen LogP contribution in [0.1, 0.15) is 45.8 Å². The number of anilines is 1. The lowest BCUT2D eigenvalue weighted by Gasteiger charge is -2.39. The molecule has 8 nitrogen and oxygen atoms in total. The molecule has 2 aliphatic heterocycles. The molecule has 35 heavy (non-hydrogen) atoms. The lowest BCUT2D eigenvalue weighted by atomic mass is 9.74. The third-order valence-electron chi connectivity index (χ3n) is 6.82. The number of fused-ring (bicyclic) bond motifs is 2. The van der Waals surface area contributed by atoms with Gasteiger partial charge in [-0.15, -0.1) is 0 Å². The lowest BCUT2D eigenvalue weighted by molar-refractivity contribution is 0.0642. The molecule has 9 heteroatoms.